The van der Waals surface area contributed by atoms with Crippen LogP contribution in [0.3, 0.4) is 0 Å². The Kier molecular flexibility index (Phi) is 5.85. The Morgan fingerprint density at radius 1 is 1.37 bits per heavy atom. The number of para-hydroxylation sites is 1. The number of ether oxygens (including phenoxy) is 1. The maximum atomic E-state index is 11.6. The Hall–Kier alpha value is -2.04. The second kappa shape index (κ2) is 7.41. The third-order valence-electron chi connectivity index (χ3n) is 2.64. The summed E-state index contributed by atoms with van der Waals surface area (Å²) >= 11 is 0. The van der Waals surface area contributed by atoms with Gasteiger partial charge in [-0.2, -0.15) is 0 Å². The maximum Gasteiger partial charge on any atom is 0.258 e. The maximum absolute atomic E-state index is 11.6. The van der Waals surface area contributed by atoms with E-state index in [1.807, 2.05) is 6.92 Å². The van der Waals surface area contributed by atoms with Crippen LogP contribution in [0.1, 0.15) is 37.0 Å². The Morgan fingerprint density at radius 2 is 2.05 bits per heavy atom. The van der Waals surface area contributed by atoms with Crippen LogP contribution in [0.15, 0.2) is 24.3 Å². The van der Waals surface area contributed by atoms with Crippen LogP contribution in [0.2, 0.25) is 0 Å². The van der Waals surface area contributed by atoms with Gasteiger partial charge in [0.2, 0.25) is 0 Å². The van der Waals surface area contributed by atoms with Gasteiger partial charge in [0.1, 0.15) is 5.75 Å². The summed E-state index contributed by atoms with van der Waals surface area (Å²) in [4.78, 5) is 22.8. The van der Waals surface area contributed by atoms with Gasteiger partial charge in [-0.15, -0.1) is 0 Å². The fourth-order valence-electron chi connectivity index (χ4n) is 1.76. The van der Waals surface area contributed by atoms with Crippen molar-refractivity contribution in [1.29, 1.82) is 0 Å². The molecule has 0 aliphatic heterocycles. The van der Waals surface area contributed by atoms with Gasteiger partial charge in [0.15, 0.2) is 6.61 Å². The number of hydrogen-bond donors (Lipinski definition) is 2. The molecule has 1 atom stereocenters. The molecular weight excluding hydrogens is 244 g/mol. The average Bonchev–Trinajstić information content (AvgIpc) is 2.36. The molecule has 5 heteroatoms. The monoisotopic (exact) mass is 264 g/mol. The molecule has 0 radical (unpaired) electrons. The van der Waals surface area contributed by atoms with E-state index in [0.29, 0.717) is 5.75 Å². The summed E-state index contributed by atoms with van der Waals surface area (Å²) in [7, 11) is 0. The highest BCUT2D eigenvalue weighted by Crippen LogP contribution is 2.16. The van der Waals surface area contributed by atoms with Crippen molar-refractivity contribution in [2.75, 3.05) is 6.61 Å². The zero-order valence-corrected chi connectivity index (χ0v) is 11.3. The van der Waals surface area contributed by atoms with Gasteiger partial charge < -0.3 is 15.8 Å². The van der Waals surface area contributed by atoms with E-state index >= 15 is 0 Å². The smallest absolute Gasteiger partial charge is 0.258 e. The first kappa shape index (κ1) is 15.0. The van der Waals surface area contributed by atoms with Crippen LogP contribution in [0.25, 0.3) is 0 Å². The van der Waals surface area contributed by atoms with Gasteiger partial charge in [0.25, 0.3) is 11.8 Å². The van der Waals surface area contributed by atoms with E-state index < -0.39 is 5.91 Å². The van der Waals surface area contributed by atoms with E-state index in [1.54, 1.807) is 24.3 Å². The van der Waals surface area contributed by atoms with Crippen LogP contribution in [0.5, 0.6) is 5.75 Å². The second-order valence-corrected chi connectivity index (χ2v) is 4.41. The summed E-state index contributed by atoms with van der Waals surface area (Å²) in [6.07, 6.45) is 1.93. The zero-order chi connectivity index (χ0) is 14.3. The van der Waals surface area contributed by atoms with E-state index in [4.69, 9.17) is 10.5 Å². The standard InChI is InChI=1S/C14H20N2O3/c1-3-6-10(2)16-13(17)9-19-12-8-5-4-7-11(12)14(15)18/h4-5,7-8,10H,3,6,9H2,1-2H3,(H2,15,18)(H,16,17)/t10-/m0/s1. The number of nitrogens with one attached hydrogen (secondary N) is 1. The van der Waals surface area contributed by atoms with Gasteiger partial charge >= 0.3 is 0 Å². The minimum Gasteiger partial charge on any atom is -0.483 e. The molecule has 104 valence electrons. The quantitative estimate of drug-likeness (QED) is 0.782. The molecule has 0 unspecified atom stereocenters. The van der Waals surface area contributed by atoms with Crippen LogP contribution in [0.4, 0.5) is 0 Å². The summed E-state index contributed by atoms with van der Waals surface area (Å²) in [5.41, 5.74) is 5.50. The van der Waals surface area contributed by atoms with Gasteiger partial charge in [0.05, 0.1) is 5.56 Å². The lowest BCUT2D eigenvalue weighted by molar-refractivity contribution is -0.123. The number of nitrogens with two attached hydrogens (primary N) is 1. The van der Waals surface area contributed by atoms with Gasteiger partial charge in [-0.3, -0.25) is 9.59 Å². The molecule has 19 heavy (non-hydrogen) atoms. The number of carbonyl (C=O) groups is 2. The van der Waals surface area contributed by atoms with Gasteiger partial charge in [-0.1, -0.05) is 25.5 Å². The molecule has 1 aromatic carbocycles. The number of benzene rings is 1. The molecule has 5 nitrogen and oxygen atoms in total. The van der Waals surface area contributed by atoms with E-state index in [0.717, 1.165) is 12.8 Å². The molecule has 0 heterocycles. The minimum absolute atomic E-state index is 0.118. The number of rotatable bonds is 7. The van der Waals surface area contributed by atoms with E-state index in [1.165, 1.54) is 0 Å². The van der Waals surface area contributed by atoms with Gasteiger partial charge in [0, 0.05) is 6.04 Å². The normalized spacial score (nSPS) is 11.7. The van der Waals surface area contributed by atoms with Crippen molar-refractivity contribution in [2.45, 2.75) is 32.7 Å². The molecule has 0 bridgehead atoms. The Bertz CT molecular complexity index is 446. The molecule has 0 saturated carbocycles. The summed E-state index contributed by atoms with van der Waals surface area (Å²) in [6.45, 7) is 3.87. The largest absolute Gasteiger partial charge is 0.483 e. The Balaban J connectivity index is 2.53. The predicted octanol–water partition coefficient (Wildman–Crippen LogP) is 1.47. The number of primary amides is 1. The van der Waals surface area contributed by atoms with Crippen molar-refractivity contribution in [3.8, 4) is 5.75 Å². The SMILES string of the molecule is CCC[C@H](C)NC(=O)COc1ccccc1C(N)=O. The molecule has 1 rings (SSSR count). The van der Waals surface area contributed by atoms with Gasteiger partial charge in [-0.05, 0) is 25.5 Å². The fourth-order valence-corrected chi connectivity index (χ4v) is 1.76. The average molecular weight is 264 g/mol. The van der Waals surface area contributed by atoms with Crippen molar-refractivity contribution in [1.82, 2.24) is 5.32 Å². The topological polar surface area (TPSA) is 81.4 Å². The Labute approximate surface area is 113 Å². The second-order valence-electron chi connectivity index (χ2n) is 4.41. The highest BCUT2D eigenvalue weighted by atomic mass is 16.5. The molecule has 1 aromatic rings. The molecule has 2 amide bonds. The van der Waals surface area contributed by atoms with Crippen LogP contribution in [-0.2, 0) is 4.79 Å². The summed E-state index contributed by atoms with van der Waals surface area (Å²) in [5, 5.41) is 2.82. The van der Waals surface area contributed by atoms with Crippen molar-refractivity contribution < 1.29 is 14.3 Å². The minimum atomic E-state index is -0.574. The number of amides is 2. The third-order valence-corrected chi connectivity index (χ3v) is 2.64. The first-order valence-electron chi connectivity index (χ1n) is 6.35. The highest BCUT2D eigenvalue weighted by molar-refractivity contribution is 5.95. The van der Waals surface area contributed by atoms with Crippen LogP contribution in [-0.4, -0.2) is 24.5 Å². The molecule has 0 spiro atoms. The van der Waals surface area contributed by atoms with Crippen molar-refractivity contribution in [2.24, 2.45) is 5.73 Å². The van der Waals surface area contributed by atoms with Crippen LogP contribution < -0.4 is 15.8 Å². The first-order valence-corrected chi connectivity index (χ1v) is 6.35. The molecule has 0 saturated heterocycles. The summed E-state index contributed by atoms with van der Waals surface area (Å²) in [5.74, 6) is -0.455. The summed E-state index contributed by atoms with van der Waals surface area (Å²) in [6, 6.07) is 6.71. The Morgan fingerprint density at radius 3 is 2.68 bits per heavy atom. The molecule has 0 aromatic heterocycles. The number of hydrogen-bond acceptors (Lipinski definition) is 3. The predicted molar refractivity (Wildman–Crippen MR) is 73.0 cm³/mol. The lowest BCUT2D eigenvalue weighted by atomic mass is 10.2. The zero-order valence-electron chi connectivity index (χ0n) is 11.3. The van der Waals surface area contributed by atoms with Crippen molar-refractivity contribution in [3.63, 3.8) is 0 Å². The molecule has 3 N–H and O–H groups in total. The lowest BCUT2D eigenvalue weighted by Gasteiger charge is -2.14. The summed E-state index contributed by atoms with van der Waals surface area (Å²) < 4.78 is 5.33. The van der Waals surface area contributed by atoms with Gasteiger partial charge in [-0.25, -0.2) is 0 Å². The molecular formula is C14H20N2O3. The highest BCUT2D eigenvalue weighted by Gasteiger charge is 2.11. The van der Waals surface area contributed by atoms with Crippen LogP contribution in [0, 0.1) is 0 Å². The van der Waals surface area contributed by atoms with E-state index in [9.17, 15) is 9.59 Å². The molecule has 0 aliphatic rings. The third kappa shape index (κ3) is 4.99. The lowest BCUT2D eigenvalue weighted by Crippen LogP contribution is -2.36. The first-order chi connectivity index (χ1) is 9.04. The number of carbonyl (C=O) groups excluding carboxylic acids is 2. The molecule has 0 aliphatic carbocycles. The van der Waals surface area contributed by atoms with Crippen molar-refractivity contribution >= 4 is 11.8 Å². The van der Waals surface area contributed by atoms with Crippen LogP contribution >= 0.6 is 0 Å². The van der Waals surface area contributed by atoms with Crippen molar-refractivity contribution in [3.05, 3.63) is 29.8 Å². The van der Waals surface area contributed by atoms with E-state index in [-0.39, 0.29) is 24.1 Å². The molecule has 0 fully saturated rings. The van der Waals surface area contributed by atoms with E-state index in [2.05, 4.69) is 12.2 Å². The fraction of sp³-hybridized carbons (Fsp3) is 0.429.